The third kappa shape index (κ3) is 5.74. The highest BCUT2D eigenvalue weighted by Gasteiger charge is 2.22. The minimum atomic E-state index is -3.73. The number of amides is 1. The first kappa shape index (κ1) is 23.5. The summed E-state index contributed by atoms with van der Waals surface area (Å²) in [6.45, 7) is 9.11. The molecule has 3 aromatic rings. The van der Waals surface area contributed by atoms with Crippen molar-refractivity contribution in [3.8, 4) is 5.75 Å². The van der Waals surface area contributed by atoms with Crippen LogP contribution in [0.25, 0.3) is 0 Å². The second kappa shape index (κ2) is 9.13. The zero-order chi connectivity index (χ0) is 23.5. The van der Waals surface area contributed by atoms with E-state index < -0.39 is 21.5 Å². The quantitative estimate of drug-likeness (QED) is 0.550. The van der Waals surface area contributed by atoms with Gasteiger partial charge in [0, 0.05) is 11.2 Å². The molecule has 1 aromatic heterocycles. The summed E-state index contributed by atoms with van der Waals surface area (Å²) in [6.07, 6.45) is 0. The number of hydrogen-bond acceptors (Lipinski definition) is 6. The molecule has 0 atom stereocenters. The number of carbonyl (C=O) groups is 1. The van der Waals surface area contributed by atoms with Crippen molar-refractivity contribution in [3.05, 3.63) is 71.1 Å². The van der Waals surface area contributed by atoms with E-state index in [0.717, 1.165) is 11.3 Å². The van der Waals surface area contributed by atoms with E-state index in [4.69, 9.17) is 9.26 Å². The molecule has 2 N–H and O–H groups in total. The number of sulfonamides is 1. The lowest BCUT2D eigenvalue weighted by molar-refractivity contribution is 0.102. The van der Waals surface area contributed by atoms with Crippen LogP contribution in [0.3, 0.4) is 0 Å². The van der Waals surface area contributed by atoms with Crippen molar-refractivity contribution in [2.45, 2.75) is 51.7 Å². The molecule has 0 spiro atoms. The molecule has 9 heteroatoms. The van der Waals surface area contributed by atoms with Crippen LogP contribution in [0.4, 0.5) is 5.69 Å². The van der Waals surface area contributed by atoms with Crippen molar-refractivity contribution in [1.82, 2.24) is 9.88 Å². The molecule has 0 fully saturated rings. The van der Waals surface area contributed by atoms with Crippen molar-refractivity contribution in [2.24, 2.45) is 0 Å². The maximum Gasteiger partial charge on any atom is 0.259 e. The van der Waals surface area contributed by atoms with Gasteiger partial charge in [-0.15, -0.1) is 0 Å². The van der Waals surface area contributed by atoms with E-state index in [1.54, 1.807) is 64.1 Å². The van der Waals surface area contributed by atoms with Gasteiger partial charge in [-0.25, -0.2) is 13.1 Å². The highest BCUT2D eigenvalue weighted by atomic mass is 32.2. The van der Waals surface area contributed by atoms with Crippen LogP contribution < -0.4 is 14.8 Å². The van der Waals surface area contributed by atoms with Gasteiger partial charge in [-0.05, 0) is 65.0 Å². The Labute approximate surface area is 188 Å². The molecule has 3 rings (SSSR count). The highest BCUT2D eigenvalue weighted by molar-refractivity contribution is 7.89. The second-order valence-electron chi connectivity index (χ2n) is 8.43. The molecule has 1 heterocycles. The predicted octanol–water partition coefficient (Wildman–Crippen LogP) is 4.20. The van der Waals surface area contributed by atoms with Crippen LogP contribution in [0.1, 0.15) is 48.1 Å². The molecule has 0 aliphatic heterocycles. The van der Waals surface area contributed by atoms with Gasteiger partial charge in [0.2, 0.25) is 10.0 Å². The number of ether oxygens (including phenoxy) is 1. The highest BCUT2D eigenvalue weighted by Crippen LogP contribution is 2.24. The molecule has 0 radical (unpaired) electrons. The number of rotatable bonds is 7. The van der Waals surface area contributed by atoms with Gasteiger partial charge in [-0.1, -0.05) is 23.4 Å². The van der Waals surface area contributed by atoms with Gasteiger partial charge >= 0.3 is 0 Å². The summed E-state index contributed by atoms with van der Waals surface area (Å²) in [5, 5.41) is 6.65. The fourth-order valence-corrected chi connectivity index (χ4v) is 4.50. The van der Waals surface area contributed by atoms with E-state index >= 15 is 0 Å². The van der Waals surface area contributed by atoms with Crippen LogP contribution in [-0.2, 0) is 16.6 Å². The molecule has 1 amide bonds. The van der Waals surface area contributed by atoms with Crippen LogP contribution in [-0.4, -0.2) is 25.0 Å². The standard InChI is InChI=1S/C23H27N3O5S/c1-15-20(16(2)31-25-15)14-30-21-12-7-6-11-19(21)22(27)24-17-9-8-10-18(13-17)32(28,29)26-23(3,4)5/h6-13,26H,14H2,1-5H3,(H,24,27). The molecule has 0 saturated heterocycles. The third-order valence-corrected chi connectivity index (χ3v) is 6.28. The van der Waals surface area contributed by atoms with Gasteiger partial charge in [0.15, 0.2) is 0 Å². The lowest BCUT2D eigenvalue weighted by Crippen LogP contribution is -2.40. The fourth-order valence-electron chi connectivity index (χ4n) is 3.04. The number of hydrogen-bond donors (Lipinski definition) is 2. The van der Waals surface area contributed by atoms with E-state index in [1.165, 1.54) is 12.1 Å². The van der Waals surface area contributed by atoms with Crippen molar-refractivity contribution in [1.29, 1.82) is 0 Å². The summed E-state index contributed by atoms with van der Waals surface area (Å²) in [6, 6.07) is 12.9. The maximum atomic E-state index is 12.9. The zero-order valence-electron chi connectivity index (χ0n) is 18.7. The summed E-state index contributed by atoms with van der Waals surface area (Å²) in [4.78, 5) is 13.0. The Bertz CT molecular complexity index is 1210. The Morgan fingerprint density at radius 3 is 2.47 bits per heavy atom. The van der Waals surface area contributed by atoms with Gasteiger partial charge in [-0.2, -0.15) is 0 Å². The van der Waals surface area contributed by atoms with E-state index in [-0.39, 0.29) is 11.5 Å². The van der Waals surface area contributed by atoms with E-state index in [1.807, 2.05) is 6.92 Å². The molecule has 0 aliphatic carbocycles. The normalized spacial score (nSPS) is 11.9. The summed E-state index contributed by atoms with van der Waals surface area (Å²) < 4.78 is 38.8. The molecule has 0 aliphatic rings. The van der Waals surface area contributed by atoms with Crippen LogP contribution >= 0.6 is 0 Å². The molecule has 32 heavy (non-hydrogen) atoms. The molecule has 0 bridgehead atoms. The van der Waals surface area contributed by atoms with Gasteiger partial charge in [0.1, 0.15) is 18.1 Å². The number of aryl methyl sites for hydroxylation is 2. The average Bonchev–Trinajstić information content (AvgIpc) is 3.02. The Hall–Kier alpha value is -3.17. The minimum absolute atomic E-state index is 0.0631. The van der Waals surface area contributed by atoms with Crippen molar-refractivity contribution < 1.29 is 22.5 Å². The summed E-state index contributed by atoms with van der Waals surface area (Å²) in [5.41, 5.74) is 1.60. The Kier molecular flexibility index (Phi) is 6.71. The number of anilines is 1. The lowest BCUT2D eigenvalue weighted by atomic mass is 10.1. The first-order chi connectivity index (χ1) is 15.0. The van der Waals surface area contributed by atoms with Crippen LogP contribution in [0.2, 0.25) is 0 Å². The van der Waals surface area contributed by atoms with Gasteiger partial charge < -0.3 is 14.6 Å². The summed E-state index contributed by atoms with van der Waals surface area (Å²) in [7, 11) is -3.73. The van der Waals surface area contributed by atoms with Gasteiger partial charge in [0.05, 0.1) is 21.7 Å². The van der Waals surface area contributed by atoms with Gasteiger partial charge in [-0.3, -0.25) is 4.79 Å². The van der Waals surface area contributed by atoms with Crippen molar-refractivity contribution >= 4 is 21.6 Å². The topological polar surface area (TPSA) is 111 Å². The van der Waals surface area contributed by atoms with Crippen molar-refractivity contribution in [2.75, 3.05) is 5.32 Å². The van der Waals surface area contributed by atoms with E-state index in [2.05, 4.69) is 15.2 Å². The van der Waals surface area contributed by atoms with Gasteiger partial charge in [0.25, 0.3) is 5.91 Å². The Morgan fingerprint density at radius 2 is 1.81 bits per heavy atom. The number of benzene rings is 2. The molecule has 170 valence electrons. The second-order valence-corrected chi connectivity index (χ2v) is 10.1. The maximum absolute atomic E-state index is 12.9. The van der Waals surface area contributed by atoms with Crippen LogP contribution in [0.5, 0.6) is 5.75 Å². The number of nitrogens with one attached hydrogen (secondary N) is 2. The largest absolute Gasteiger partial charge is 0.488 e. The van der Waals surface area contributed by atoms with Crippen LogP contribution in [0, 0.1) is 13.8 Å². The Balaban J connectivity index is 1.78. The number of nitrogens with zero attached hydrogens (tertiary/aromatic N) is 1. The summed E-state index contributed by atoms with van der Waals surface area (Å²) >= 11 is 0. The average molecular weight is 458 g/mol. The molecule has 8 nitrogen and oxygen atoms in total. The number of carbonyl (C=O) groups excluding carboxylic acids is 1. The molecule has 0 unspecified atom stereocenters. The molecule has 2 aromatic carbocycles. The smallest absolute Gasteiger partial charge is 0.259 e. The zero-order valence-corrected chi connectivity index (χ0v) is 19.5. The van der Waals surface area contributed by atoms with E-state index in [0.29, 0.717) is 22.8 Å². The molecular formula is C23H27N3O5S. The monoisotopic (exact) mass is 457 g/mol. The Morgan fingerprint density at radius 1 is 1.09 bits per heavy atom. The first-order valence-corrected chi connectivity index (χ1v) is 11.5. The molecular weight excluding hydrogens is 430 g/mol. The molecule has 0 saturated carbocycles. The lowest BCUT2D eigenvalue weighted by Gasteiger charge is -2.20. The summed E-state index contributed by atoms with van der Waals surface area (Å²) in [5.74, 6) is 0.632. The minimum Gasteiger partial charge on any atom is -0.488 e. The van der Waals surface area contributed by atoms with Crippen molar-refractivity contribution in [3.63, 3.8) is 0 Å². The predicted molar refractivity (Wildman–Crippen MR) is 121 cm³/mol. The van der Waals surface area contributed by atoms with E-state index in [9.17, 15) is 13.2 Å². The first-order valence-electron chi connectivity index (χ1n) is 10.1. The van der Waals surface area contributed by atoms with Crippen LogP contribution in [0.15, 0.2) is 57.9 Å². The third-order valence-electron chi connectivity index (χ3n) is 4.53. The number of aromatic nitrogens is 1. The fraction of sp³-hybridized carbons (Fsp3) is 0.304. The number of para-hydroxylation sites is 1. The SMILES string of the molecule is Cc1noc(C)c1COc1ccccc1C(=O)Nc1cccc(S(=O)(=O)NC(C)(C)C)c1.